The van der Waals surface area contributed by atoms with Crippen LogP contribution in [0.5, 0.6) is 0 Å². The molecule has 1 aromatic carbocycles. The van der Waals surface area contributed by atoms with Crippen molar-refractivity contribution in [1.82, 2.24) is 24.5 Å². The minimum absolute atomic E-state index is 0.263. The van der Waals surface area contributed by atoms with E-state index in [0.717, 1.165) is 48.0 Å². The van der Waals surface area contributed by atoms with Crippen molar-refractivity contribution < 1.29 is 14.6 Å². The molecule has 28 heavy (non-hydrogen) atoms. The molecule has 1 aliphatic rings. The summed E-state index contributed by atoms with van der Waals surface area (Å²) < 4.78 is 17.0. The first-order valence-electron chi connectivity index (χ1n) is 9.35. The zero-order chi connectivity index (χ0) is 19.8. The Morgan fingerprint density at radius 1 is 1.14 bits per heavy atom. The average molecular weight is 385 g/mol. The van der Waals surface area contributed by atoms with E-state index in [-0.39, 0.29) is 12.4 Å². The molecule has 0 amide bonds. The Morgan fingerprint density at radius 3 is 2.61 bits per heavy atom. The van der Waals surface area contributed by atoms with Crippen molar-refractivity contribution >= 4 is 0 Å². The Bertz CT molecular complexity index is 979. The summed E-state index contributed by atoms with van der Waals surface area (Å²) in [5.41, 5.74) is 5.53. The molecular formula is C20H24FN5O2. The van der Waals surface area contributed by atoms with E-state index in [0.29, 0.717) is 12.2 Å². The third-order valence-electron chi connectivity index (χ3n) is 5.30. The van der Waals surface area contributed by atoms with Gasteiger partial charge in [-0.3, -0.25) is 9.58 Å². The first-order valence-corrected chi connectivity index (χ1v) is 9.35. The molecule has 3 aromatic rings. The van der Waals surface area contributed by atoms with Crippen molar-refractivity contribution in [2.24, 2.45) is 0 Å². The number of aryl methyl sites for hydroxylation is 1. The Labute approximate surface area is 162 Å². The smallest absolute Gasteiger partial charge is 0.123 e. The number of nitrogens with zero attached hydrogens (tertiary/aromatic N) is 5. The van der Waals surface area contributed by atoms with Crippen molar-refractivity contribution in [1.29, 1.82) is 0 Å². The fraction of sp³-hybridized carbons (Fsp3) is 0.400. The van der Waals surface area contributed by atoms with Gasteiger partial charge in [-0.25, -0.2) is 9.07 Å². The molecule has 4 rings (SSSR count). The van der Waals surface area contributed by atoms with Crippen molar-refractivity contribution in [3.8, 4) is 5.69 Å². The lowest BCUT2D eigenvalue weighted by Crippen LogP contribution is -2.33. The summed E-state index contributed by atoms with van der Waals surface area (Å²) in [4.78, 5) is 2.32. The summed E-state index contributed by atoms with van der Waals surface area (Å²) in [6.45, 7) is 6.73. The Balaban J connectivity index is 1.54. The molecule has 0 saturated carbocycles. The number of hydrogen-bond donors (Lipinski definition) is 2. The third-order valence-corrected chi connectivity index (χ3v) is 5.30. The SMILES string of the molecule is Cc1nn(-c2ccc(F)cc2)c(C)c1CN1CCn2nc([C@@H](O)CO)cc2C1. The molecule has 148 valence electrons. The topological polar surface area (TPSA) is 79.3 Å². The zero-order valence-corrected chi connectivity index (χ0v) is 16.0. The molecule has 0 radical (unpaired) electrons. The lowest BCUT2D eigenvalue weighted by Gasteiger charge is -2.27. The molecule has 0 bridgehead atoms. The van der Waals surface area contributed by atoms with Gasteiger partial charge < -0.3 is 10.2 Å². The molecule has 1 atom stereocenters. The summed E-state index contributed by atoms with van der Waals surface area (Å²) in [5, 5.41) is 28.0. The lowest BCUT2D eigenvalue weighted by molar-refractivity contribution is 0.0915. The Morgan fingerprint density at radius 2 is 1.89 bits per heavy atom. The first kappa shape index (κ1) is 18.8. The maximum atomic E-state index is 13.2. The highest BCUT2D eigenvalue weighted by molar-refractivity contribution is 5.37. The number of rotatable bonds is 5. The molecule has 0 spiro atoms. The van der Waals surface area contributed by atoms with Crippen LogP contribution in [0, 0.1) is 19.7 Å². The van der Waals surface area contributed by atoms with E-state index in [1.165, 1.54) is 12.1 Å². The van der Waals surface area contributed by atoms with Gasteiger partial charge >= 0.3 is 0 Å². The van der Waals surface area contributed by atoms with Crippen LogP contribution in [0.15, 0.2) is 30.3 Å². The molecule has 0 fully saturated rings. The largest absolute Gasteiger partial charge is 0.393 e. The molecule has 1 aliphatic heterocycles. The highest BCUT2D eigenvalue weighted by Crippen LogP contribution is 2.23. The van der Waals surface area contributed by atoms with Crippen LogP contribution in [-0.4, -0.2) is 47.8 Å². The number of halogens is 1. The van der Waals surface area contributed by atoms with E-state index >= 15 is 0 Å². The number of hydrogen-bond acceptors (Lipinski definition) is 5. The molecule has 2 aromatic heterocycles. The lowest BCUT2D eigenvalue weighted by atomic mass is 10.1. The molecule has 8 heteroatoms. The normalized spacial score (nSPS) is 15.6. The minimum Gasteiger partial charge on any atom is -0.393 e. The van der Waals surface area contributed by atoms with E-state index in [4.69, 9.17) is 5.11 Å². The van der Waals surface area contributed by atoms with Crippen LogP contribution < -0.4 is 0 Å². The van der Waals surface area contributed by atoms with Crippen LogP contribution in [0.25, 0.3) is 5.69 Å². The van der Waals surface area contributed by atoms with E-state index in [1.807, 2.05) is 29.3 Å². The van der Waals surface area contributed by atoms with E-state index in [9.17, 15) is 9.50 Å². The number of aliphatic hydroxyl groups excluding tert-OH is 2. The Kier molecular flexibility index (Phi) is 5.01. The van der Waals surface area contributed by atoms with Gasteiger partial charge in [0.15, 0.2) is 0 Å². The van der Waals surface area contributed by atoms with Gasteiger partial charge in [0.05, 0.1) is 35.9 Å². The Hall–Kier alpha value is -2.55. The predicted molar refractivity (Wildman–Crippen MR) is 101 cm³/mol. The summed E-state index contributed by atoms with van der Waals surface area (Å²) in [6, 6.07) is 8.19. The number of aromatic nitrogens is 4. The van der Waals surface area contributed by atoms with Gasteiger partial charge in [-0.15, -0.1) is 0 Å². The number of benzene rings is 1. The zero-order valence-electron chi connectivity index (χ0n) is 16.0. The predicted octanol–water partition coefficient (Wildman–Crippen LogP) is 1.87. The second-order valence-electron chi connectivity index (χ2n) is 7.23. The van der Waals surface area contributed by atoms with Crippen molar-refractivity contribution in [3.63, 3.8) is 0 Å². The average Bonchev–Trinajstić information content (AvgIpc) is 3.24. The van der Waals surface area contributed by atoms with E-state index < -0.39 is 6.10 Å². The molecule has 0 saturated heterocycles. The monoisotopic (exact) mass is 385 g/mol. The van der Waals surface area contributed by atoms with Gasteiger partial charge in [0, 0.05) is 30.9 Å². The number of aliphatic hydroxyl groups is 2. The summed E-state index contributed by atoms with van der Waals surface area (Å²) in [6.07, 6.45) is -0.940. The van der Waals surface area contributed by atoms with Crippen LogP contribution in [0.3, 0.4) is 0 Å². The molecule has 0 unspecified atom stereocenters. The fourth-order valence-electron chi connectivity index (χ4n) is 3.70. The highest BCUT2D eigenvalue weighted by Gasteiger charge is 2.23. The summed E-state index contributed by atoms with van der Waals surface area (Å²) >= 11 is 0. The summed E-state index contributed by atoms with van der Waals surface area (Å²) in [7, 11) is 0. The fourth-order valence-corrected chi connectivity index (χ4v) is 3.70. The second-order valence-corrected chi connectivity index (χ2v) is 7.23. The van der Waals surface area contributed by atoms with Crippen LogP contribution in [0.1, 0.15) is 34.4 Å². The van der Waals surface area contributed by atoms with Crippen LogP contribution in [0.4, 0.5) is 4.39 Å². The molecule has 0 aliphatic carbocycles. The van der Waals surface area contributed by atoms with E-state index in [1.54, 1.807) is 12.1 Å². The molecule has 2 N–H and O–H groups in total. The van der Waals surface area contributed by atoms with Gasteiger partial charge in [0.25, 0.3) is 0 Å². The van der Waals surface area contributed by atoms with Crippen molar-refractivity contribution in [2.45, 2.75) is 39.6 Å². The minimum atomic E-state index is -0.940. The van der Waals surface area contributed by atoms with Gasteiger partial charge in [-0.1, -0.05) is 0 Å². The maximum absolute atomic E-state index is 13.2. The van der Waals surface area contributed by atoms with E-state index in [2.05, 4.69) is 15.1 Å². The van der Waals surface area contributed by atoms with Crippen molar-refractivity contribution in [3.05, 3.63) is 64.5 Å². The van der Waals surface area contributed by atoms with Crippen LogP contribution >= 0.6 is 0 Å². The standard InChI is InChI=1S/C20H24FN5O2/c1-13-18(14(2)26(22-13)16-5-3-15(21)4-6-16)11-24-7-8-25-17(10-24)9-19(23-25)20(28)12-27/h3-6,9,20,27-28H,7-8,10-12H2,1-2H3/t20-/m0/s1. The highest BCUT2D eigenvalue weighted by atomic mass is 19.1. The van der Waals surface area contributed by atoms with Crippen LogP contribution in [-0.2, 0) is 19.6 Å². The van der Waals surface area contributed by atoms with Gasteiger partial charge in [0.2, 0.25) is 0 Å². The summed E-state index contributed by atoms with van der Waals surface area (Å²) in [5.74, 6) is -0.263. The quantitative estimate of drug-likeness (QED) is 0.701. The first-order chi connectivity index (χ1) is 13.5. The molecule has 3 heterocycles. The van der Waals surface area contributed by atoms with Crippen molar-refractivity contribution in [2.75, 3.05) is 13.2 Å². The second kappa shape index (κ2) is 7.46. The molecule has 7 nitrogen and oxygen atoms in total. The van der Waals surface area contributed by atoms with Gasteiger partial charge in [0.1, 0.15) is 11.9 Å². The molecular weight excluding hydrogens is 361 g/mol. The van der Waals surface area contributed by atoms with Crippen LogP contribution in [0.2, 0.25) is 0 Å². The van der Waals surface area contributed by atoms with Gasteiger partial charge in [-0.05, 0) is 44.2 Å². The number of fused-ring (bicyclic) bond motifs is 1. The maximum Gasteiger partial charge on any atom is 0.123 e. The van der Waals surface area contributed by atoms with Gasteiger partial charge in [-0.2, -0.15) is 10.2 Å². The third kappa shape index (κ3) is 3.46.